The number of rotatable bonds is 5. The molecule has 0 aromatic heterocycles. The van der Waals surface area contributed by atoms with Crippen LogP contribution >= 0.6 is 11.8 Å². The maximum absolute atomic E-state index is 12.9. The zero-order chi connectivity index (χ0) is 17.6. The number of amidine groups is 1. The topological polar surface area (TPSA) is 82.6 Å². The van der Waals surface area contributed by atoms with Crippen LogP contribution in [-0.4, -0.2) is 22.2 Å². The molecule has 2 aromatic rings. The lowest BCUT2D eigenvalue weighted by Crippen LogP contribution is -2.28. The summed E-state index contributed by atoms with van der Waals surface area (Å²) < 4.78 is 12.9. The van der Waals surface area contributed by atoms with Gasteiger partial charge in [0.05, 0.1) is 5.69 Å². The Balaban J connectivity index is 1.53. The van der Waals surface area contributed by atoms with Crippen LogP contribution in [0.5, 0.6) is 0 Å². The molecule has 6 nitrogen and oxygen atoms in total. The highest BCUT2D eigenvalue weighted by Gasteiger charge is 2.32. The molecule has 8 heteroatoms. The maximum Gasteiger partial charge on any atom is 0.240 e. The van der Waals surface area contributed by atoms with Gasteiger partial charge in [-0.15, -0.1) is 5.10 Å². The van der Waals surface area contributed by atoms with Crippen LogP contribution in [0.1, 0.15) is 6.42 Å². The fourth-order valence-electron chi connectivity index (χ4n) is 2.13. The summed E-state index contributed by atoms with van der Waals surface area (Å²) >= 11 is 1.19. The minimum atomic E-state index is -0.559. The average molecular weight is 358 g/mol. The van der Waals surface area contributed by atoms with E-state index in [9.17, 15) is 14.0 Å². The summed E-state index contributed by atoms with van der Waals surface area (Å²) in [6.07, 6.45) is -0.00175. The largest absolute Gasteiger partial charge is 0.326 e. The monoisotopic (exact) mass is 358 g/mol. The lowest BCUT2D eigenvalue weighted by atomic mass is 10.2. The van der Waals surface area contributed by atoms with Crippen molar-refractivity contribution < 1.29 is 14.0 Å². The first-order chi connectivity index (χ1) is 12.1. The number of para-hydroxylation sites is 1. The van der Waals surface area contributed by atoms with Crippen LogP contribution in [0.15, 0.2) is 59.7 Å². The summed E-state index contributed by atoms with van der Waals surface area (Å²) in [4.78, 5) is 24.0. The van der Waals surface area contributed by atoms with E-state index in [1.54, 1.807) is 0 Å². The molecule has 1 aliphatic heterocycles. The summed E-state index contributed by atoms with van der Waals surface area (Å²) in [5.74, 6) is -0.972. The van der Waals surface area contributed by atoms with Crippen LogP contribution < -0.4 is 16.1 Å². The smallest absolute Gasteiger partial charge is 0.240 e. The van der Waals surface area contributed by atoms with Crippen molar-refractivity contribution >= 4 is 40.1 Å². The number of hydrogen-bond donors (Lipinski definition) is 3. The van der Waals surface area contributed by atoms with E-state index in [0.717, 1.165) is 5.69 Å². The molecule has 2 amide bonds. The molecule has 1 unspecified atom stereocenters. The molecule has 1 heterocycles. The van der Waals surface area contributed by atoms with Gasteiger partial charge in [-0.1, -0.05) is 30.0 Å². The molecule has 0 spiro atoms. The SMILES string of the molecule is O=C(CC1S/C(=N\Nc2ccccc2)NC1=O)Nc1ccc(F)cc1. The van der Waals surface area contributed by atoms with Crippen LogP contribution in [-0.2, 0) is 9.59 Å². The third-order valence-corrected chi connectivity index (χ3v) is 4.42. The molecule has 25 heavy (non-hydrogen) atoms. The van der Waals surface area contributed by atoms with E-state index in [2.05, 4.69) is 21.2 Å². The fraction of sp³-hybridized carbons (Fsp3) is 0.118. The van der Waals surface area contributed by atoms with E-state index in [1.807, 2.05) is 30.3 Å². The number of amides is 2. The van der Waals surface area contributed by atoms with Crippen molar-refractivity contribution in [1.82, 2.24) is 5.32 Å². The molecule has 0 aliphatic carbocycles. The predicted molar refractivity (Wildman–Crippen MR) is 96.7 cm³/mol. The lowest BCUT2D eigenvalue weighted by molar-refractivity contribution is -0.122. The zero-order valence-electron chi connectivity index (χ0n) is 13.0. The van der Waals surface area contributed by atoms with Crippen molar-refractivity contribution in [3.63, 3.8) is 0 Å². The Kier molecular flexibility index (Phi) is 5.30. The summed E-state index contributed by atoms with van der Waals surface area (Å²) in [6.45, 7) is 0. The zero-order valence-corrected chi connectivity index (χ0v) is 13.8. The fourth-order valence-corrected chi connectivity index (χ4v) is 3.06. The highest BCUT2D eigenvalue weighted by Crippen LogP contribution is 2.23. The number of thioether (sulfide) groups is 1. The first-order valence-corrected chi connectivity index (χ1v) is 8.40. The quantitative estimate of drug-likeness (QED) is 0.718. The molecule has 1 atom stereocenters. The molecule has 1 fully saturated rings. The van der Waals surface area contributed by atoms with Gasteiger partial charge in [0.15, 0.2) is 5.17 Å². The Morgan fingerprint density at radius 1 is 1.12 bits per heavy atom. The summed E-state index contributed by atoms with van der Waals surface area (Å²) in [5.41, 5.74) is 4.12. The summed E-state index contributed by atoms with van der Waals surface area (Å²) in [6, 6.07) is 14.8. The minimum absolute atomic E-state index is 0.00175. The molecule has 2 aromatic carbocycles. The van der Waals surface area contributed by atoms with Crippen molar-refractivity contribution in [2.45, 2.75) is 11.7 Å². The van der Waals surface area contributed by atoms with Crippen LogP contribution in [0.3, 0.4) is 0 Å². The van der Waals surface area contributed by atoms with Gasteiger partial charge in [-0.2, -0.15) is 0 Å². The Labute approximate surface area is 147 Å². The van der Waals surface area contributed by atoms with Gasteiger partial charge in [0.2, 0.25) is 11.8 Å². The molecule has 0 saturated carbocycles. The Hall–Kier alpha value is -2.87. The Morgan fingerprint density at radius 3 is 2.56 bits per heavy atom. The predicted octanol–water partition coefficient (Wildman–Crippen LogP) is 2.77. The van der Waals surface area contributed by atoms with Gasteiger partial charge in [0.1, 0.15) is 11.1 Å². The first-order valence-electron chi connectivity index (χ1n) is 7.52. The molecule has 1 saturated heterocycles. The Morgan fingerprint density at radius 2 is 1.84 bits per heavy atom. The second-order valence-electron chi connectivity index (χ2n) is 5.25. The molecule has 128 valence electrons. The van der Waals surface area contributed by atoms with E-state index in [4.69, 9.17) is 0 Å². The van der Waals surface area contributed by atoms with Crippen LogP contribution in [0, 0.1) is 5.82 Å². The van der Waals surface area contributed by atoms with E-state index < -0.39 is 5.25 Å². The third-order valence-electron chi connectivity index (χ3n) is 3.34. The van der Waals surface area contributed by atoms with Gasteiger partial charge < -0.3 is 10.6 Å². The second kappa shape index (κ2) is 7.80. The number of hydrogen-bond acceptors (Lipinski definition) is 5. The summed E-state index contributed by atoms with van der Waals surface area (Å²) in [7, 11) is 0. The molecule has 0 bridgehead atoms. The number of halogens is 1. The lowest BCUT2D eigenvalue weighted by Gasteiger charge is -2.07. The maximum atomic E-state index is 12.9. The Bertz CT molecular complexity index is 796. The van der Waals surface area contributed by atoms with E-state index in [0.29, 0.717) is 10.9 Å². The van der Waals surface area contributed by atoms with Gasteiger partial charge >= 0.3 is 0 Å². The highest BCUT2D eigenvalue weighted by atomic mass is 32.2. The molecule has 3 N–H and O–H groups in total. The third kappa shape index (κ3) is 4.80. The van der Waals surface area contributed by atoms with E-state index in [-0.39, 0.29) is 24.1 Å². The number of nitrogens with zero attached hydrogens (tertiary/aromatic N) is 1. The molecule has 3 rings (SSSR count). The molecular formula is C17H15FN4O2S. The van der Waals surface area contributed by atoms with Crippen molar-refractivity contribution in [3.05, 3.63) is 60.4 Å². The molecular weight excluding hydrogens is 343 g/mol. The molecule has 0 radical (unpaired) electrons. The number of benzene rings is 2. The van der Waals surface area contributed by atoms with Crippen molar-refractivity contribution in [2.24, 2.45) is 5.10 Å². The highest BCUT2D eigenvalue weighted by molar-refractivity contribution is 8.15. The van der Waals surface area contributed by atoms with Crippen LogP contribution in [0.25, 0.3) is 0 Å². The molecule has 1 aliphatic rings. The summed E-state index contributed by atoms with van der Waals surface area (Å²) in [5, 5.41) is 9.24. The minimum Gasteiger partial charge on any atom is -0.326 e. The van der Waals surface area contributed by atoms with Crippen molar-refractivity contribution in [1.29, 1.82) is 0 Å². The van der Waals surface area contributed by atoms with Gasteiger partial charge in [-0.05, 0) is 36.4 Å². The number of nitrogens with one attached hydrogen (secondary N) is 3. The van der Waals surface area contributed by atoms with Crippen molar-refractivity contribution in [3.8, 4) is 0 Å². The number of hydrazone groups is 1. The van der Waals surface area contributed by atoms with Crippen LogP contribution in [0.2, 0.25) is 0 Å². The normalized spacial score (nSPS) is 18.0. The van der Waals surface area contributed by atoms with Gasteiger partial charge in [0.25, 0.3) is 0 Å². The van der Waals surface area contributed by atoms with Crippen LogP contribution in [0.4, 0.5) is 15.8 Å². The van der Waals surface area contributed by atoms with E-state index >= 15 is 0 Å². The van der Waals surface area contributed by atoms with Gasteiger partial charge in [-0.25, -0.2) is 4.39 Å². The standard InChI is InChI=1S/C17H15FN4O2S/c18-11-6-8-12(9-7-11)19-15(23)10-14-16(24)20-17(25-14)22-21-13-4-2-1-3-5-13/h1-9,14,21H,10H2,(H,19,23)(H,20,22,24). The number of carbonyl (C=O) groups is 2. The van der Waals surface area contributed by atoms with E-state index in [1.165, 1.54) is 36.0 Å². The average Bonchev–Trinajstić information content (AvgIpc) is 2.96. The number of anilines is 2. The van der Waals surface area contributed by atoms with Gasteiger partial charge in [-0.3, -0.25) is 15.0 Å². The second-order valence-corrected chi connectivity index (χ2v) is 6.44. The van der Waals surface area contributed by atoms with Gasteiger partial charge in [0, 0.05) is 12.1 Å². The number of carbonyl (C=O) groups excluding carboxylic acids is 2. The first kappa shape index (κ1) is 17.0. The van der Waals surface area contributed by atoms with Crippen molar-refractivity contribution in [2.75, 3.05) is 10.7 Å².